The third-order valence-corrected chi connectivity index (χ3v) is 5.22. The van der Waals surface area contributed by atoms with Crippen LogP contribution in [0.1, 0.15) is 47.0 Å². The number of aliphatic hydroxyl groups is 1. The smallest absolute Gasteiger partial charge is 0.326 e. The molecule has 0 radical (unpaired) electrons. The van der Waals surface area contributed by atoms with Gasteiger partial charge in [0, 0.05) is 33.1 Å². The van der Waals surface area contributed by atoms with Gasteiger partial charge in [-0.25, -0.2) is 0 Å². The molecule has 134 valence electrons. The van der Waals surface area contributed by atoms with Gasteiger partial charge >= 0.3 is 6.72 Å². The van der Waals surface area contributed by atoms with E-state index in [4.69, 9.17) is 25.4 Å². The highest BCUT2D eigenvalue weighted by atomic mass is 32.5. The van der Waals surface area contributed by atoms with Crippen LogP contribution in [0.2, 0.25) is 0 Å². The van der Waals surface area contributed by atoms with E-state index in [-0.39, 0.29) is 18.4 Å². The molecule has 22 heavy (non-hydrogen) atoms. The fourth-order valence-corrected chi connectivity index (χ4v) is 3.04. The Morgan fingerprint density at radius 2 is 1.95 bits per heavy atom. The molecule has 0 aliphatic rings. The summed E-state index contributed by atoms with van der Waals surface area (Å²) in [6.45, 7) is 6.11. The quantitative estimate of drug-likeness (QED) is 0.413. The van der Waals surface area contributed by atoms with Crippen LogP contribution in [0.5, 0.6) is 0 Å². The number of unbranched alkanes of at least 4 members (excludes halogenated alkanes) is 1. The lowest BCUT2D eigenvalue weighted by atomic mass is 10.0. The Labute approximate surface area is 140 Å². The van der Waals surface area contributed by atoms with Crippen LogP contribution < -0.4 is 5.32 Å². The van der Waals surface area contributed by atoms with Gasteiger partial charge in [0.05, 0.1) is 13.2 Å². The SMILES string of the molecule is CC.CCOP(=S)(OC)OCC(CO)CCCCNC(C)=O. The molecule has 0 spiro atoms. The first-order valence-corrected chi connectivity index (χ1v) is 10.3. The van der Waals surface area contributed by atoms with E-state index in [2.05, 4.69) is 5.32 Å². The molecule has 0 bridgehead atoms. The van der Waals surface area contributed by atoms with Crippen molar-refractivity contribution in [2.75, 3.05) is 33.5 Å². The Hall–Kier alpha value is -0.0400. The molecule has 0 aromatic heterocycles. The number of carbonyl (C=O) groups is 1. The highest BCUT2D eigenvalue weighted by Crippen LogP contribution is 2.49. The fraction of sp³-hybridized carbons (Fsp3) is 0.929. The van der Waals surface area contributed by atoms with Gasteiger partial charge in [-0.1, -0.05) is 20.3 Å². The number of hydrogen-bond donors (Lipinski definition) is 2. The molecule has 0 fully saturated rings. The second kappa shape index (κ2) is 15.8. The monoisotopic (exact) mass is 357 g/mol. The maximum atomic E-state index is 10.7. The van der Waals surface area contributed by atoms with Crippen molar-refractivity contribution in [2.24, 2.45) is 5.92 Å². The molecular weight excluding hydrogens is 325 g/mol. The summed E-state index contributed by atoms with van der Waals surface area (Å²) in [6, 6.07) is 0. The minimum atomic E-state index is -2.66. The molecule has 0 aliphatic carbocycles. The Bertz CT molecular complexity index is 318. The number of amides is 1. The van der Waals surface area contributed by atoms with Gasteiger partial charge in [0.2, 0.25) is 5.91 Å². The zero-order chi connectivity index (χ0) is 17.4. The second-order valence-corrected chi connectivity index (χ2v) is 7.49. The third-order valence-electron chi connectivity index (χ3n) is 2.65. The largest absolute Gasteiger partial charge is 0.396 e. The molecule has 0 aromatic carbocycles. The average Bonchev–Trinajstić information content (AvgIpc) is 2.52. The van der Waals surface area contributed by atoms with Crippen molar-refractivity contribution in [1.29, 1.82) is 0 Å². The van der Waals surface area contributed by atoms with Crippen molar-refractivity contribution >= 4 is 24.4 Å². The molecule has 0 saturated heterocycles. The summed E-state index contributed by atoms with van der Waals surface area (Å²) in [5.74, 6) is -0.0187. The number of rotatable bonds is 12. The first-order valence-electron chi connectivity index (χ1n) is 7.77. The van der Waals surface area contributed by atoms with E-state index >= 15 is 0 Å². The summed E-state index contributed by atoms with van der Waals surface area (Å²) in [6.07, 6.45) is 2.58. The average molecular weight is 357 g/mol. The molecule has 2 unspecified atom stereocenters. The lowest BCUT2D eigenvalue weighted by molar-refractivity contribution is -0.118. The van der Waals surface area contributed by atoms with Crippen LogP contribution in [0.25, 0.3) is 0 Å². The number of nitrogens with one attached hydrogen (secondary N) is 1. The Morgan fingerprint density at radius 3 is 2.41 bits per heavy atom. The topological polar surface area (TPSA) is 77.0 Å². The summed E-state index contributed by atoms with van der Waals surface area (Å²) >= 11 is 5.17. The number of hydrogen-bond acceptors (Lipinski definition) is 6. The summed E-state index contributed by atoms with van der Waals surface area (Å²) < 4.78 is 15.9. The van der Waals surface area contributed by atoms with Crippen LogP contribution in [0.3, 0.4) is 0 Å². The minimum absolute atomic E-state index is 0.00487. The second-order valence-electron chi connectivity index (χ2n) is 4.37. The van der Waals surface area contributed by atoms with Crippen molar-refractivity contribution in [3.05, 3.63) is 0 Å². The molecule has 0 rings (SSSR count). The van der Waals surface area contributed by atoms with Crippen LogP contribution in [0.15, 0.2) is 0 Å². The Morgan fingerprint density at radius 1 is 1.32 bits per heavy atom. The Kier molecular flexibility index (Phi) is 17.4. The molecule has 0 aliphatic heterocycles. The van der Waals surface area contributed by atoms with Crippen molar-refractivity contribution in [3.63, 3.8) is 0 Å². The van der Waals surface area contributed by atoms with Crippen molar-refractivity contribution in [3.8, 4) is 0 Å². The number of carbonyl (C=O) groups excluding carboxylic acids is 1. The van der Waals surface area contributed by atoms with E-state index in [1.165, 1.54) is 14.0 Å². The van der Waals surface area contributed by atoms with Gasteiger partial charge in [0.1, 0.15) is 0 Å². The van der Waals surface area contributed by atoms with E-state index < -0.39 is 6.72 Å². The minimum Gasteiger partial charge on any atom is -0.396 e. The lowest BCUT2D eigenvalue weighted by Crippen LogP contribution is -2.21. The van der Waals surface area contributed by atoms with Gasteiger partial charge in [0.25, 0.3) is 0 Å². The molecule has 0 saturated carbocycles. The van der Waals surface area contributed by atoms with Gasteiger partial charge in [-0.2, -0.15) is 0 Å². The van der Waals surface area contributed by atoms with Gasteiger partial charge in [-0.3, -0.25) is 4.79 Å². The van der Waals surface area contributed by atoms with Crippen molar-refractivity contribution in [1.82, 2.24) is 5.32 Å². The van der Waals surface area contributed by atoms with E-state index in [9.17, 15) is 9.90 Å². The molecule has 2 N–H and O–H groups in total. The van der Waals surface area contributed by atoms with E-state index in [1.807, 2.05) is 20.8 Å². The maximum absolute atomic E-state index is 10.7. The zero-order valence-electron chi connectivity index (χ0n) is 14.5. The molecule has 0 aromatic rings. The van der Waals surface area contributed by atoms with Crippen LogP contribution in [-0.2, 0) is 30.2 Å². The molecule has 0 heterocycles. The van der Waals surface area contributed by atoms with E-state index in [0.29, 0.717) is 19.8 Å². The van der Waals surface area contributed by atoms with Gasteiger partial charge in [0.15, 0.2) is 0 Å². The highest BCUT2D eigenvalue weighted by molar-refractivity contribution is 8.07. The predicted octanol–water partition coefficient (Wildman–Crippen LogP) is 2.85. The molecule has 2 atom stereocenters. The standard InChI is InChI=1S/C12H26NO5PS.C2H6/c1-4-17-19(20,16-3)18-10-12(9-14)7-5-6-8-13-11(2)15;1-2/h12,14H,4-10H2,1-3H3,(H,13,15);1-2H3. The Balaban J connectivity index is 0. The molecule has 1 amide bonds. The van der Waals surface area contributed by atoms with E-state index in [1.54, 1.807) is 0 Å². The molecular formula is C14H32NO5PS. The lowest BCUT2D eigenvalue weighted by Gasteiger charge is -2.22. The number of aliphatic hydroxyl groups excluding tert-OH is 1. The zero-order valence-corrected chi connectivity index (χ0v) is 16.2. The summed E-state index contributed by atoms with van der Waals surface area (Å²) in [5.41, 5.74) is 0. The third kappa shape index (κ3) is 13.6. The van der Waals surface area contributed by atoms with Gasteiger partial charge in [-0.05, 0) is 31.6 Å². The van der Waals surface area contributed by atoms with Crippen LogP contribution in [-0.4, -0.2) is 44.5 Å². The van der Waals surface area contributed by atoms with Crippen molar-refractivity contribution in [2.45, 2.75) is 47.0 Å². The van der Waals surface area contributed by atoms with Crippen LogP contribution in [0, 0.1) is 5.92 Å². The first kappa shape index (κ1) is 24.2. The summed E-state index contributed by atoms with van der Waals surface area (Å²) in [4.78, 5) is 10.7. The highest BCUT2D eigenvalue weighted by Gasteiger charge is 2.20. The van der Waals surface area contributed by atoms with Gasteiger partial charge < -0.3 is 24.0 Å². The van der Waals surface area contributed by atoms with Gasteiger partial charge in [-0.15, -0.1) is 0 Å². The summed E-state index contributed by atoms with van der Waals surface area (Å²) in [7, 11) is 1.47. The van der Waals surface area contributed by atoms with Crippen LogP contribution in [0.4, 0.5) is 0 Å². The van der Waals surface area contributed by atoms with Crippen molar-refractivity contribution < 1.29 is 23.5 Å². The first-order chi connectivity index (χ1) is 10.5. The fourth-order valence-electron chi connectivity index (χ4n) is 1.55. The molecule has 8 heteroatoms. The molecule has 6 nitrogen and oxygen atoms in total. The normalized spacial score (nSPS) is 14.5. The van der Waals surface area contributed by atoms with E-state index in [0.717, 1.165) is 19.3 Å². The van der Waals surface area contributed by atoms with Crippen LogP contribution >= 0.6 is 6.72 Å². The summed E-state index contributed by atoms with van der Waals surface area (Å²) in [5, 5.41) is 12.1. The maximum Gasteiger partial charge on any atom is 0.326 e. The predicted molar refractivity (Wildman–Crippen MR) is 93.3 cm³/mol.